The van der Waals surface area contributed by atoms with Crippen molar-refractivity contribution in [2.24, 2.45) is 11.3 Å². The molecule has 1 rings (SSSR count). The van der Waals surface area contributed by atoms with E-state index in [1.165, 1.54) is 0 Å². The van der Waals surface area contributed by atoms with E-state index < -0.39 is 11.6 Å². The maximum atomic E-state index is 11.5. The highest BCUT2D eigenvalue weighted by molar-refractivity contribution is 5.78. The predicted octanol–water partition coefficient (Wildman–Crippen LogP) is 2.06. The molecule has 0 spiro atoms. The van der Waals surface area contributed by atoms with E-state index in [9.17, 15) is 9.90 Å². The fraction of sp³-hybridized carbons (Fsp3) is 0.923. The fourth-order valence-electron chi connectivity index (χ4n) is 2.78. The summed E-state index contributed by atoms with van der Waals surface area (Å²) in [5.41, 5.74) is -0.858. The Balaban J connectivity index is 2.75. The summed E-state index contributed by atoms with van der Waals surface area (Å²) in [6, 6.07) is 0. The van der Waals surface area contributed by atoms with Gasteiger partial charge in [-0.2, -0.15) is 0 Å². The summed E-state index contributed by atoms with van der Waals surface area (Å²) in [4.78, 5) is 11.5. The molecule has 1 aliphatic rings. The summed E-state index contributed by atoms with van der Waals surface area (Å²) in [6.07, 6.45) is 2.77. The van der Waals surface area contributed by atoms with Crippen LogP contribution in [0.1, 0.15) is 46.5 Å². The SMILES string of the molecule is CC1CC(C)(C)CCC1(OCCCO)C(=O)O. The predicted molar refractivity (Wildman–Crippen MR) is 64.8 cm³/mol. The largest absolute Gasteiger partial charge is 0.479 e. The van der Waals surface area contributed by atoms with Crippen LogP contribution < -0.4 is 0 Å². The Morgan fingerprint density at radius 1 is 1.41 bits per heavy atom. The average molecular weight is 244 g/mol. The van der Waals surface area contributed by atoms with Crippen molar-refractivity contribution in [3.8, 4) is 0 Å². The van der Waals surface area contributed by atoms with Crippen LogP contribution in [-0.4, -0.2) is 35.0 Å². The molecule has 2 atom stereocenters. The number of carboxylic acid groups (broad SMARTS) is 1. The molecule has 1 aliphatic carbocycles. The highest BCUT2D eigenvalue weighted by atomic mass is 16.5. The highest BCUT2D eigenvalue weighted by Crippen LogP contribution is 2.45. The molecule has 0 aliphatic heterocycles. The van der Waals surface area contributed by atoms with Crippen molar-refractivity contribution in [2.45, 2.75) is 52.1 Å². The van der Waals surface area contributed by atoms with Gasteiger partial charge in [-0.15, -0.1) is 0 Å². The van der Waals surface area contributed by atoms with Crippen molar-refractivity contribution >= 4 is 5.97 Å². The number of hydrogen-bond donors (Lipinski definition) is 2. The second kappa shape index (κ2) is 5.36. The summed E-state index contributed by atoms with van der Waals surface area (Å²) in [7, 11) is 0. The Morgan fingerprint density at radius 2 is 2.06 bits per heavy atom. The Labute approximate surface area is 103 Å². The number of carbonyl (C=O) groups is 1. The van der Waals surface area contributed by atoms with E-state index in [-0.39, 0.29) is 17.9 Å². The fourth-order valence-corrected chi connectivity index (χ4v) is 2.78. The minimum absolute atomic E-state index is 0.00226. The molecule has 0 aromatic carbocycles. The number of carboxylic acids is 1. The average Bonchev–Trinajstić information content (AvgIpc) is 2.20. The third-order valence-electron chi connectivity index (χ3n) is 3.85. The van der Waals surface area contributed by atoms with Crippen LogP contribution in [0.3, 0.4) is 0 Å². The lowest BCUT2D eigenvalue weighted by atomic mass is 9.65. The first-order chi connectivity index (χ1) is 7.84. The quantitative estimate of drug-likeness (QED) is 0.726. The standard InChI is InChI=1S/C13H24O4/c1-10-9-12(2,3)5-6-13(10,11(15)16)17-8-4-7-14/h10,14H,4-9H2,1-3H3,(H,15,16). The first-order valence-electron chi connectivity index (χ1n) is 6.32. The molecule has 4 nitrogen and oxygen atoms in total. The Bertz CT molecular complexity index is 275. The second-order valence-corrected chi connectivity index (χ2v) is 5.89. The van der Waals surface area contributed by atoms with E-state index in [2.05, 4.69) is 13.8 Å². The molecular weight excluding hydrogens is 220 g/mol. The van der Waals surface area contributed by atoms with Gasteiger partial charge in [0.05, 0.1) is 6.61 Å². The van der Waals surface area contributed by atoms with E-state index in [1.54, 1.807) is 0 Å². The topological polar surface area (TPSA) is 66.8 Å². The number of aliphatic hydroxyl groups excluding tert-OH is 1. The van der Waals surface area contributed by atoms with Crippen LogP contribution in [0.5, 0.6) is 0 Å². The van der Waals surface area contributed by atoms with Gasteiger partial charge in [0.1, 0.15) is 0 Å². The van der Waals surface area contributed by atoms with E-state index >= 15 is 0 Å². The van der Waals surface area contributed by atoms with Crippen molar-refractivity contribution in [1.29, 1.82) is 0 Å². The molecule has 2 unspecified atom stereocenters. The summed E-state index contributed by atoms with van der Waals surface area (Å²) in [5, 5.41) is 18.2. The molecule has 0 heterocycles. The van der Waals surface area contributed by atoms with Crippen molar-refractivity contribution in [3.05, 3.63) is 0 Å². The molecule has 2 N–H and O–H groups in total. The smallest absolute Gasteiger partial charge is 0.336 e. The molecule has 0 aromatic rings. The zero-order valence-electron chi connectivity index (χ0n) is 11.0. The lowest BCUT2D eigenvalue weighted by molar-refractivity contribution is -0.184. The van der Waals surface area contributed by atoms with Gasteiger partial charge in [-0.3, -0.25) is 0 Å². The van der Waals surface area contributed by atoms with Crippen molar-refractivity contribution in [2.75, 3.05) is 13.2 Å². The maximum Gasteiger partial charge on any atom is 0.336 e. The van der Waals surface area contributed by atoms with Gasteiger partial charge in [-0.1, -0.05) is 20.8 Å². The molecule has 100 valence electrons. The van der Waals surface area contributed by atoms with Crippen LogP contribution in [0.15, 0.2) is 0 Å². The third kappa shape index (κ3) is 3.19. The number of ether oxygens (including phenoxy) is 1. The van der Waals surface area contributed by atoms with Crippen LogP contribution in [-0.2, 0) is 9.53 Å². The van der Waals surface area contributed by atoms with Gasteiger partial charge in [0.2, 0.25) is 0 Å². The van der Waals surface area contributed by atoms with Crippen LogP contribution >= 0.6 is 0 Å². The van der Waals surface area contributed by atoms with Crippen LogP contribution in [0.2, 0.25) is 0 Å². The summed E-state index contributed by atoms with van der Waals surface area (Å²) < 4.78 is 5.62. The monoisotopic (exact) mass is 244 g/mol. The maximum absolute atomic E-state index is 11.5. The van der Waals surface area contributed by atoms with Crippen LogP contribution in [0.4, 0.5) is 0 Å². The molecular formula is C13H24O4. The molecule has 0 aromatic heterocycles. The van der Waals surface area contributed by atoms with Gasteiger partial charge in [0.15, 0.2) is 5.60 Å². The number of rotatable bonds is 5. The summed E-state index contributed by atoms with van der Waals surface area (Å²) in [5.74, 6) is -0.860. The lowest BCUT2D eigenvalue weighted by Crippen LogP contribution is -2.52. The number of aliphatic carboxylic acids is 1. The van der Waals surface area contributed by atoms with Gasteiger partial charge in [0, 0.05) is 6.61 Å². The van der Waals surface area contributed by atoms with Crippen molar-refractivity contribution < 1.29 is 19.7 Å². The van der Waals surface area contributed by atoms with Crippen LogP contribution in [0, 0.1) is 11.3 Å². The molecule has 0 amide bonds. The zero-order chi connectivity index (χ0) is 13.1. The second-order valence-electron chi connectivity index (χ2n) is 5.89. The lowest BCUT2D eigenvalue weighted by Gasteiger charge is -2.45. The summed E-state index contributed by atoms with van der Waals surface area (Å²) >= 11 is 0. The molecule has 4 heteroatoms. The van der Waals surface area contributed by atoms with Gasteiger partial charge in [-0.25, -0.2) is 4.79 Å². The molecule has 1 saturated carbocycles. The molecule has 0 bridgehead atoms. The van der Waals surface area contributed by atoms with E-state index in [4.69, 9.17) is 9.84 Å². The van der Waals surface area contributed by atoms with E-state index in [0.717, 1.165) is 12.8 Å². The first-order valence-corrected chi connectivity index (χ1v) is 6.32. The van der Waals surface area contributed by atoms with Gasteiger partial charge in [-0.05, 0) is 37.0 Å². The summed E-state index contributed by atoms with van der Waals surface area (Å²) in [6.45, 7) is 6.64. The van der Waals surface area contributed by atoms with Crippen LogP contribution in [0.25, 0.3) is 0 Å². The number of hydrogen-bond acceptors (Lipinski definition) is 3. The van der Waals surface area contributed by atoms with E-state index in [0.29, 0.717) is 19.4 Å². The van der Waals surface area contributed by atoms with Gasteiger partial charge >= 0.3 is 5.97 Å². The van der Waals surface area contributed by atoms with Crippen molar-refractivity contribution in [1.82, 2.24) is 0 Å². The van der Waals surface area contributed by atoms with Crippen molar-refractivity contribution in [3.63, 3.8) is 0 Å². The Hall–Kier alpha value is -0.610. The molecule has 1 fully saturated rings. The van der Waals surface area contributed by atoms with Gasteiger partial charge < -0.3 is 14.9 Å². The van der Waals surface area contributed by atoms with E-state index in [1.807, 2.05) is 6.92 Å². The third-order valence-corrected chi connectivity index (χ3v) is 3.85. The molecule has 17 heavy (non-hydrogen) atoms. The Kier molecular flexibility index (Phi) is 4.55. The minimum Gasteiger partial charge on any atom is -0.479 e. The Morgan fingerprint density at radius 3 is 2.53 bits per heavy atom. The molecule has 0 saturated heterocycles. The normalized spacial score (nSPS) is 32.4. The zero-order valence-corrected chi connectivity index (χ0v) is 11.0. The first kappa shape index (κ1) is 14.5. The highest BCUT2D eigenvalue weighted by Gasteiger charge is 2.50. The number of aliphatic hydroxyl groups is 1. The van der Waals surface area contributed by atoms with Gasteiger partial charge in [0.25, 0.3) is 0 Å². The molecule has 0 radical (unpaired) electrons. The minimum atomic E-state index is -1.05.